The normalized spacial score (nSPS) is 17.8. The number of ether oxygens (including phenoxy) is 1. The third-order valence-corrected chi connectivity index (χ3v) is 3.97. The third kappa shape index (κ3) is 4.84. The molecule has 1 aromatic rings. The summed E-state index contributed by atoms with van der Waals surface area (Å²) in [6.07, 6.45) is 6.56. The molecule has 1 aliphatic carbocycles. The lowest BCUT2D eigenvalue weighted by molar-refractivity contribution is 0.232. The average Bonchev–Trinajstić information content (AvgIpc) is 2.44. The number of nitrogens with zero attached hydrogens (tertiary/aromatic N) is 2. The van der Waals surface area contributed by atoms with Crippen molar-refractivity contribution in [3.63, 3.8) is 0 Å². The fourth-order valence-corrected chi connectivity index (χ4v) is 2.98. The van der Waals surface area contributed by atoms with E-state index in [0.717, 1.165) is 5.69 Å². The molecule has 0 spiro atoms. The van der Waals surface area contributed by atoms with Gasteiger partial charge < -0.3 is 15.8 Å². The van der Waals surface area contributed by atoms with Gasteiger partial charge in [0.1, 0.15) is 0 Å². The van der Waals surface area contributed by atoms with Gasteiger partial charge in [-0.1, -0.05) is 19.3 Å². The summed E-state index contributed by atoms with van der Waals surface area (Å²) in [6.45, 7) is 6.56. The molecule has 1 heterocycles. The molecule has 1 unspecified atom stereocenters. The Kier molecular flexibility index (Phi) is 5.79. The van der Waals surface area contributed by atoms with Crippen LogP contribution in [0.15, 0.2) is 6.07 Å². The maximum absolute atomic E-state index is 5.96. The Balaban J connectivity index is 2.07. The summed E-state index contributed by atoms with van der Waals surface area (Å²) >= 11 is 0. The summed E-state index contributed by atoms with van der Waals surface area (Å²) in [6, 6.07) is 2.11. The van der Waals surface area contributed by atoms with E-state index in [0.29, 0.717) is 24.3 Å². The van der Waals surface area contributed by atoms with Gasteiger partial charge in [0.15, 0.2) is 0 Å². The third-order valence-electron chi connectivity index (χ3n) is 3.97. The molecule has 5 nitrogen and oxygen atoms in total. The quantitative estimate of drug-likeness (QED) is 0.843. The lowest BCUT2D eigenvalue weighted by Crippen LogP contribution is -2.38. The number of anilines is 1. The fraction of sp³-hybridized carbons (Fsp3) is 0.750. The predicted molar refractivity (Wildman–Crippen MR) is 85.6 cm³/mol. The van der Waals surface area contributed by atoms with Crippen LogP contribution in [-0.4, -0.2) is 28.7 Å². The summed E-state index contributed by atoms with van der Waals surface area (Å²) in [5, 5.41) is 3.43. The van der Waals surface area contributed by atoms with Crippen LogP contribution in [0, 0.1) is 12.8 Å². The van der Waals surface area contributed by atoms with E-state index in [1.807, 2.05) is 26.8 Å². The number of aryl methyl sites for hydroxylation is 1. The van der Waals surface area contributed by atoms with E-state index in [9.17, 15) is 0 Å². The van der Waals surface area contributed by atoms with Crippen molar-refractivity contribution in [2.75, 3.05) is 11.9 Å². The summed E-state index contributed by atoms with van der Waals surface area (Å²) in [7, 11) is 0. The zero-order valence-corrected chi connectivity index (χ0v) is 13.4. The van der Waals surface area contributed by atoms with Crippen molar-refractivity contribution in [1.29, 1.82) is 0 Å². The standard InChI is InChI=1S/C16H28N4O/c1-11(2)21-15-9-12(3)18-16(20-15)19-14(10-17)13-7-5-4-6-8-13/h9,11,13-14H,4-8,10,17H2,1-3H3,(H,18,19,20). The largest absolute Gasteiger partial charge is 0.475 e. The van der Waals surface area contributed by atoms with Crippen molar-refractivity contribution < 1.29 is 4.74 Å². The van der Waals surface area contributed by atoms with E-state index in [1.54, 1.807) is 0 Å². The van der Waals surface area contributed by atoms with Crippen LogP contribution >= 0.6 is 0 Å². The number of nitrogens with one attached hydrogen (secondary N) is 1. The van der Waals surface area contributed by atoms with Crippen LogP contribution in [0.5, 0.6) is 5.88 Å². The van der Waals surface area contributed by atoms with Crippen molar-refractivity contribution in [2.45, 2.75) is 65.0 Å². The van der Waals surface area contributed by atoms with Crippen LogP contribution in [0.4, 0.5) is 5.95 Å². The molecule has 0 aromatic carbocycles. The monoisotopic (exact) mass is 292 g/mol. The first-order valence-corrected chi connectivity index (χ1v) is 8.07. The molecule has 5 heteroatoms. The van der Waals surface area contributed by atoms with Gasteiger partial charge >= 0.3 is 0 Å². The number of hydrogen-bond acceptors (Lipinski definition) is 5. The molecule has 1 fully saturated rings. The minimum absolute atomic E-state index is 0.107. The van der Waals surface area contributed by atoms with Gasteiger partial charge in [0.2, 0.25) is 11.8 Å². The SMILES string of the molecule is Cc1cc(OC(C)C)nc(NC(CN)C2CCCCC2)n1. The van der Waals surface area contributed by atoms with E-state index in [-0.39, 0.29) is 12.1 Å². The Hall–Kier alpha value is -1.36. The Morgan fingerprint density at radius 3 is 2.62 bits per heavy atom. The highest BCUT2D eigenvalue weighted by molar-refractivity contribution is 5.32. The van der Waals surface area contributed by atoms with Crippen molar-refractivity contribution in [2.24, 2.45) is 11.7 Å². The summed E-state index contributed by atoms with van der Waals surface area (Å²) in [5.41, 5.74) is 6.86. The fourth-order valence-electron chi connectivity index (χ4n) is 2.98. The smallest absolute Gasteiger partial charge is 0.226 e. The van der Waals surface area contributed by atoms with Gasteiger partial charge in [-0.2, -0.15) is 4.98 Å². The van der Waals surface area contributed by atoms with Gasteiger partial charge in [0, 0.05) is 24.3 Å². The Labute approximate surface area is 127 Å². The molecule has 0 amide bonds. The number of hydrogen-bond donors (Lipinski definition) is 2. The minimum Gasteiger partial charge on any atom is -0.475 e. The van der Waals surface area contributed by atoms with E-state index in [2.05, 4.69) is 15.3 Å². The maximum Gasteiger partial charge on any atom is 0.226 e. The highest BCUT2D eigenvalue weighted by Gasteiger charge is 2.23. The molecule has 1 saturated carbocycles. The molecule has 1 atom stereocenters. The molecule has 0 aliphatic heterocycles. The molecule has 0 radical (unpaired) electrons. The van der Waals surface area contributed by atoms with Crippen molar-refractivity contribution in [1.82, 2.24) is 9.97 Å². The highest BCUT2D eigenvalue weighted by atomic mass is 16.5. The van der Waals surface area contributed by atoms with Gasteiger partial charge in [-0.25, -0.2) is 4.98 Å². The van der Waals surface area contributed by atoms with E-state index in [1.165, 1.54) is 32.1 Å². The van der Waals surface area contributed by atoms with Gasteiger partial charge in [-0.15, -0.1) is 0 Å². The molecular weight excluding hydrogens is 264 g/mol. The van der Waals surface area contributed by atoms with Crippen LogP contribution in [0.25, 0.3) is 0 Å². The first kappa shape index (κ1) is 16.0. The topological polar surface area (TPSA) is 73.1 Å². The second-order valence-corrected chi connectivity index (χ2v) is 6.22. The van der Waals surface area contributed by atoms with Crippen LogP contribution in [-0.2, 0) is 0 Å². The molecule has 1 aromatic heterocycles. The lowest BCUT2D eigenvalue weighted by atomic mass is 9.84. The van der Waals surface area contributed by atoms with Crippen LogP contribution in [0.1, 0.15) is 51.6 Å². The first-order valence-electron chi connectivity index (χ1n) is 8.07. The Bertz CT molecular complexity index is 444. The minimum atomic E-state index is 0.107. The summed E-state index contributed by atoms with van der Waals surface area (Å²) in [4.78, 5) is 8.92. The predicted octanol–water partition coefficient (Wildman–Crippen LogP) is 2.89. The second-order valence-electron chi connectivity index (χ2n) is 6.22. The molecule has 0 bridgehead atoms. The molecule has 0 saturated heterocycles. The molecule has 118 valence electrons. The highest BCUT2D eigenvalue weighted by Crippen LogP contribution is 2.27. The maximum atomic E-state index is 5.96. The first-order chi connectivity index (χ1) is 10.1. The zero-order valence-electron chi connectivity index (χ0n) is 13.4. The van der Waals surface area contributed by atoms with E-state index >= 15 is 0 Å². The van der Waals surface area contributed by atoms with Crippen molar-refractivity contribution in [3.8, 4) is 5.88 Å². The van der Waals surface area contributed by atoms with Gasteiger partial charge in [-0.05, 0) is 39.5 Å². The van der Waals surface area contributed by atoms with Gasteiger partial charge in [-0.3, -0.25) is 0 Å². The lowest BCUT2D eigenvalue weighted by Gasteiger charge is -2.30. The van der Waals surface area contributed by atoms with Crippen LogP contribution in [0.2, 0.25) is 0 Å². The Morgan fingerprint density at radius 1 is 1.29 bits per heavy atom. The number of rotatable bonds is 6. The van der Waals surface area contributed by atoms with Crippen LogP contribution in [0.3, 0.4) is 0 Å². The van der Waals surface area contributed by atoms with Crippen molar-refractivity contribution in [3.05, 3.63) is 11.8 Å². The van der Waals surface area contributed by atoms with Crippen molar-refractivity contribution >= 4 is 5.95 Å². The molecule has 3 N–H and O–H groups in total. The number of nitrogens with two attached hydrogens (primary N) is 1. The molecule has 1 aliphatic rings. The Morgan fingerprint density at radius 2 is 2.00 bits per heavy atom. The summed E-state index contributed by atoms with van der Waals surface area (Å²) < 4.78 is 5.67. The van der Waals surface area contributed by atoms with E-state index < -0.39 is 0 Å². The van der Waals surface area contributed by atoms with E-state index in [4.69, 9.17) is 10.5 Å². The van der Waals surface area contributed by atoms with Crippen LogP contribution < -0.4 is 15.8 Å². The van der Waals surface area contributed by atoms with Gasteiger partial charge in [0.05, 0.1) is 6.10 Å². The molecule has 21 heavy (non-hydrogen) atoms. The molecular formula is C16H28N4O. The zero-order chi connectivity index (χ0) is 15.2. The average molecular weight is 292 g/mol. The summed E-state index contributed by atoms with van der Waals surface area (Å²) in [5.74, 6) is 1.88. The van der Waals surface area contributed by atoms with Gasteiger partial charge in [0.25, 0.3) is 0 Å². The second kappa shape index (κ2) is 7.59. The number of aromatic nitrogens is 2. The molecule has 2 rings (SSSR count).